The van der Waals surface area contributed by atoms with Crippen LogP contribution in [0.5, 0.6) is 0 Å². The predicted octanol–water partition coefficient (Wildman–Crippen LogP) is 5.13. The molecule has 0 unspecified atom stereocenters. The second kappa shape index (κ2) is 7.28. The fraction of sp³-hybridized carbons (Fsp3) is 0.429. The standard InChI is InChI=1S/C21H22ClNO3S/c1-26-19(24)17-15-5-4-6-16(15)27-18(17)23-20(25)21(11-2-3-12-21)13-7-9-14(22)10-8-13/h7-10H,2-6,11-12H2,1H3,(H,23,25). The number of carbonyl (C=O) groups excluding carboxylic acids is 2. The van der Waals surface area contributed by atoms with Gasteiger partial charge in [0.05, 0.1) is 18.1 Å². The van der Waals surface area contributed by atoms with Gasteiger partial charge in [-0.3, -0.25) is 4.79 Å². The summed E-state index contributed by atoms with van der Waals surface area (Å²) >= 11 is 7.56. The van der Waals surface area contributed by atoms with E-state index in [1.807, 2.05) is 24.3 Å². The minimum Gasteiger partial charge on any atom is -0.465 e. The van der Waals surface area contributed by atoms with Crippen LogP contribution in [0.3, 0.4) is 0 Å². The van der Waals surface area contributed by atoms with E-state index < -0.39 is 5.41 Å². The van der Waals surface area contributed by atoms with Crippen molar-refractivity contribution in [2.75, 3.05) is 12.4 Å². The van der Waals surface area contributed by atoms with Gasteiger partial charge >= 0.3 is 5.97 Å². The summed E-state index contributed by atoms with van der Waals surface area (Å²) in [5.41, 5.74) is 2.03. The van der Waals surface area contributed by atoms with Crippen LogP contribution >= 0.6 is 22.9 Å². The molecule has 1 saturated carbocycles. The summed E-state index contributed by atoms with van der Waals surface area (Å²) in [6, 6.07) is 7.57. The molecular formula is C21H22ClNO3S. The van der Waals surface area contributed by atoms with E-state index in [9.17, 15) is 9.59 Å². The maximum absolute atomic E-state index is 13.4. The highest BCUT2D eigenvalue weighted by Crippen LogP contribution is 2.44. The first-order valence-electron chi connectivity index (χ1n) is 9.35. The first kappa shape index (κ1) is 18.5. The smallest absolute Gasteiger partial charge is 0.341 e. The lowest BCUT2D eigenvalue weighted by Crippen LogP contribution is -2.38. The molecule has 6 heteroatoms. The molecule has 1 heterocycles. The molecule has 1 aromatic carbocycles. The average Bonchev–Trinajstić information content (AvgIpc) is 3.38. The van der Waals surface area contributed by atoms with Crippen molar-refractivity contribution < 1.29 is 14.3 Å². The second-order valence-corrected chi connectivity index (χ2v) is 8.84. The van der Waals surface area contributed by atoms with Crippen LogP contribution in [0.15, 0.2) is 24.3 Å². The van der Waals surface area contributed by atoms with E-state index in [-0.39, 0.29) is 11.9 Å². The number of benzene rings is 1. The van der Waals surface area contributed by atoms with Crippen LogP contribution < -0.4 is 5.32 Å². The highest BCUT2D eigenvalue weighted by molar-refractivity contribution is 7.17. The largest absolute Gasteiger partial charge is 0.465 e. The van der Waals surface area contributed by atoms with Crippen LogP contribution in [0.1, 0.15) is 58.5 Å². The number of halogens is 1. The van der Waals surface area contributed by atoms with Crippen molar-refractivity contribution in [2.45, 2.75) is 50.4 Å². The van der Waals surface area contributed by atoms with E-state index in [1.165, 1.54) is 23.3 Å². The van der Waals surface area contributed by atoms with Gasteiger partial charge in [-0.15, -0.1) is 11.3 Å². The number of hydrogen-bond acceptors (Lipinski definition) is 4. The third kappa shape index (κ3) is 3.17. The number of aryl methyl sites for hydroxylation is 1. The number of fused-ring (bicyclic) bond motifs is 1. The van der Waals surface area contributed by atoms with Crippen molar-refractivity contribution in [1.29, 1.82) is 0 Å². The minimum absolute atomic E-state index is 0.0348. The van der Waals surface area contributed by atoms with Gasteiger partial charge in [-0.05, 0) is 55.4 Å². The molecule has 1 amide bonds. The Labute approximate surface area is 167 Å². The van der Waals surface area contributed by atoms with E-state index >= 15 is 0 Å². The van der Waals surface area contributed by atoms with Crippen LogP contribution in [-0.2, 0) is 27.8 Å². The molecule has 2 aliphatic rings. The molecule has 142 valence electrons. The predicted molar refractivity (Wildman–Crippen MR) is 108 cm³/mol. The third-order valence-corrected chi connectivity index (χ3v) is 7.29. The molecule has 0 bridgehead atoms. The summed E-state index contributed by atoms with van der Waals surface area (Å²) in [6.45, 7) is 0. The summed E-state index contributed by atoms with van der Waals surface area (Å²) in [5, 5.41) is 4.39. The Morgan fingerprint density at radius 2 is 1.81 bits per heavy atom. The van der Waals surface area contributed by atoms with E-state index in [0.29, 0.717) is 15.6 Å². The van der Waals surface area contributed by atoms with Crippen LogP contribution in [0.25, 0.3) is 0 Å². The summed E-state index contributed by atoms with van der Waals surface area (Å²) < 4.78 is 4.99. The topological polar surface area (TPSA) is 55.4 Å². The van der Waals surface area contributed by atoms with Crippen molar-refractivity contribution in [3.8, 4) is 0 Å². The summed E-state index contributed by atoms with van der Waals surface area (Å²) in [6.07, 6.45) is 6.52. The Balaban J connectivity index is 1.69. The monoisotopic (exact) mass is 403 g/mol. The Morgan fingerprint density at radius 3 is 2.48 bits per heavy atom. The Kier molecular flexibility index (Phi) is 4.99. The van der Waals surface area contributed by atoms with Crippen molar-refractivity contribution in [3.63, 3.8) is 0 Å². The molecule has 1 aromatic heterocycles. The van der Waals surface area contributed by atoms with Crippen molar-refractivity contribution in [3.05, 3.63) is 50.9 Å². The van der Waals surface area contributed by atoms with Gasteiger partial charge in [0.25, 0.3) is 0 Å². The number of anilines is 1. The third-order valence-electron chi connectivity index (χ3n) is 5.83. The fourth-order valence-electron chi connectivity index (χ4n) is 4.43. The number of ether oxygens (including phenoxy) is 1. The maximum atomic E-state index is 13.4. The van der Waals surface area contributed by atoms with Crippen molar-refractivity contribution in [1.82, 2.24) is 0 Å². The Morgan fingerprint density at radius 1 is 1.11 bits per heavy atom. The lowest BCUT2D eigenvalue weighted by Gasteiger charge is -2.28. The molecule has 4 rings (SSSR count). The van der Waals surface area contributed by atoms with Gasteiger partial charge in [-0.2, -0.15) is 0 Å². The first-order valence-corrected chi connectivity index (χ1v) is 10.5. The van der Waals surface area contributed by atoms with Crippen molar-refractivity contribution in [2.24, 2.45) is 0 Å². The number of hydrogen-bond donors (Lipinski definition) is 1. The van der Waals surface area contributed by atoms with Gasteiger partial charge < -0.3 is 10.1 Å². The van der Waals surface area contributed by atoms with Crippen LogP contribution in [-0.4, -0.2) is 19.0 Å². The molecular weight excluding hydrogens is 382 g/mol. The SMILES string of the molecule is COC(=O)c1c(NC(=O)C2(c3ccc(Cl)cc3)CCCC2)sc2c1CCC2. The van der Waals surface area contributed by atoms with Gasteiger partial charge in [0.1, 0.15) is 5.00 Å². The summed E-state index contributed by atoms with van der Waals surface area (Å²) in [7, 11) is 1.39. The number of carbonyl (C=O) groups is 2. The van der Waals surface area contributed by atoms with Gasteiger partial charge in [0, 0.05) is 9.90 Å². The number of methoxy groups -OCH3 is 1. The number of amides is 1. The molecule has 4 nitrogen and oxygen atoms in total. The average molecular weight is 404 g/mol. The molecule has 0 atom stereocenters. The number of rotatable bonds is 4. The minimum atomic E-state index is -0.563. The summed E-state index contributed by atoms with van der Waals surface area (Å²) in [4.78, 5) is 27.0. The second-order valence-electron chi connectivity index (χ2n) is 7.30. The van der Waals surface area contributed by atoms with E-state index in [0.717, 1.165) is 56.1 Å². The zero-order valence-corrected chi connectivity index (χ0v) is 16.8. The lowest BCUT2D eigenvalue weighted by atomic mass is 9.78. The normalized spacial score (nSPS) is 17.6. The first-order chi connectivity index (χ1) is 13.0. The van der Waals surface area contributed by atoms with Gasteiger partial charge in [0.15, 0.2) is 0 Å². The molecule has 1 fully saturated rings. The Bertz CT molecular complexity index is 882. The molecule has 2 aliphatic carbocycles. The zero-order chi connectivity index (χ0) is 19.0. The van der Waals surface area contributed by atoms with Gasteiger partial charge in [-0.1, -0.05) is 36.6 Å². The van der Waals surface area contributed by atoms with Crippen LogP contribution in [0, 0.1) is 0 Å². The number of nitrogens with one attached hydrogen (secondary N) is 1. The lowest BCUT2D eigenvalue weighted by molar-refractivity contribution is -0.121. The maximum Gasteiger partial charge on any atom is 0.341 e. The Hall–Kier alpha value is -1.85. The zero-order valence-electron chi connectivity index (χ0n) is 15.3. The van der Waals surface area contributed by atoms with Crippen molar-refractivity contribution >= 4 is 39.8 Å². The molecule has 0 spiro atoms. The molecule has 0 aliphatic heterocycles. The van der Waals surface area contributed by atoms with Gasteiger partial charge in [0.2, 0.25) is 5.91 Å². The van der Waals surface area contributed by atoms with E-state index in [4.69, 9.17) is 16.3 Å². The summed E-state index contributed by atoms with van der Waals surface area (Å²) in [5.74, 6) is -0.399. The fourth-order valence-corrected chi connectivity index (χ4v) is 5.83. The molecule has 1 N–H and O–H groups in total. The number of thiophene rings is 1. The number of esters is 1. The quantitative estimate of drug-likeness (QED) is 0.720. The van der Waals surface area contributed by atoms with Gasteiger partial charge in [-0.25, -0.2) is 4.79 Å². The van der Waals surface area contributed by atoms with Crippen LogP contribution in [0.2, 0.25) is 5.02 Å². The van der Waals surface area contributed by atoms with E-state index in [2.05, 4.69) is 5.32 Å². The van der Waals surface area contributed by atoms with E-state index in [1.54, 1.807) is 0 Å². The molecule has 0 saturated heterocycles. The van der Waals surface area contributed by atoms with Crippen LogP contribution in [0.4, 0.5) is 5.00 Å². The highest BCUT2D eigenvalue weighted by atomic mass is 35.5. The highest BCUT2D eigenvalue weighted by Gasteiger charge is 2.43. The molecule has 0 radical (unpaired) electrons. The molecule has 2 aromatic rings. The molecule has 27 heavy (non-hydrogen) atoms.